The Morgan fingerprint density at radius 3 is 2.19 bits per heavy atom. The molecular weight excluding hydrogens is 444 g/mol. The molecule has 4 heterocycles. The Hall–Kier alpha value is -4.84. The van der Waals surface area contributed by atoms with Crippen molar-refractivity contribution < 1.29 is 0 Å². The Balaban J connectivity index is 1.37. The van der Waals surface area contributed by atoms with Gasteiger partial charge in [0, 0.05) is 46.5 Å². The van der Waals surface area contributed by atoms with E-state index in [0.29, 0.717) is 0 Å². The molecule has 1 aliphatic rings. The third kappa shape index (κ3) is 3.26. The van der Waals surface area contributed by atoms with Crippen molar-refractivity contribution in [2.75, 3.05) is 0 Å². The number of pyridine rings is 2. The van der Waals surface area contributed by atoms with Crippen molar-refractivity contribution in [1.29, 1.82) is 0 Å². The fourth-order valence-corrected chi connectivity index (χ4v) is 5.11. The molecule has 6 nitrogen and oxygen atoms in total. The molecule has 0 fully saturated rings. The van der Waals surface area contributed by atoms with Gasteiger partial charge in [0.2, 0.25) is 0 Å². The molecule has 0 spiro atoms. The fourth-order valence-electron chi connectivity index (χ4n) is 5.11. The number of aromatic nitrogens is 6. The lowest BCUT2D eigenvalue weighted by Gasteiger charge is -2.13. The molecule has 4 aromatic heterocycles. The zero-order chi connectivity index (χ0) is 23.9. The Morgan fingerprint density at radius 1 is 0.639 bits per heavy atom. The normalized spacial score (nSPS) is 12.7. The second kappa shape index (κ2) is 8.43. The molecule has 0 amide bonds. The van der Waals surface area contributed by atoms with E-state index >= 15 is 0 Å². The van der Waals surface area contributed by atoms with Gasteiger partial charge in [-0.25, -0.2) is 0 Å². The molecule has 6 heteroatoms. The van der Waals surface area contributed by atoms with Crippen LogP contribution in [0.3, 0.4) is 0 Å². The number of benzene rings is 2. The van der Waals surface area contributed by atoms with Gasteiger partial charge in [-0.1, -0.05) is 24.3 Å². The van der Waals surface area contributed by atoms with Crippen LogP contribution in [-0.4, -0.2) is 29.3 Å². The van der Waals surface area contributed by atoms with Crippen LogP contribution in [-0.2, 0) is 6.42 Å². The summed E-state index contributed by atoms with van der Waals surface area (Å²) in [5, 5.41) is 10.5. The summed E-state index contributed by atoms with van der Waals surface area (Å²) in [4.78, 5) is 8.48. The Bertz CT molecular complexity index is 1710. The Labute approximate surface area is 208 Å². The highest BCUT2D eigenvalue weighted by Crippen LogP contribution is 2.35. The van der Waals surface area contributed by atoms with E-state index in [9.17, 15) is 0 Å². The van der Waals surface area contributed by atoms with Crippen molar-refractivity contribution in [3.63, 3.8) is 0 Å². The second-order valence-corrected chi connectivity index (χ2v) is 8.83. The van der Waals surface area contributed by atoms with E-state index in [2.05, 4.69) is 85.4 Å². The average Bonchev–Trinajstić information content (AvgIpc) is 3.54. The maximum absolute atomic E-state index is 4.60. The SMILES string of the molecule is C1=Cc2c(c3ccccc3n2-c2ccc(-c3nnc(-c4ccncc4)n3-c3cccnc3)cc2)CC1. The number of allylic oxidation sites excluding steroid dienone is 1. The van der Waals surface area contributed by atoms with Crippen molar-refractivity contribution in [3.8, 4) is 34.2 Å². The number of fused-ring (bicyclic) bond motifs is 3. The van der Waals surface area contributed by atoms with Crippen LogP contribution in [0.25, 0.3) is 51.1 Å². The van der Waals surface area contributed by atoms with Crippen molar-refractivity contribution in [2.45, 2.75) is 12.8 Å². The van der Waals surface area contributed by atoms with E-state index < -0.39 is 0 Å². The quantitative estimate of drug-likeness (QED) is 0.306. The smallest absolute Gasteiger partial charge is 0.169 e. The largest absolute Gasteiger partial charge is 0.310 e. The molecule has 0 bridgehead atoms. The first-order chi connectivity index (χ1) is 17.9. The van der Waals surface area contributed by atoms with E-state index in [-0.39, 0.29) is 0 Å². The fraction of sp³-hybridized carbons (Fsp3) is 0.0667. The first-order valence-corrected chi connectivity index (χ1v) is 12.0. The zero-order valence-electron chi connectivity index (χ0n) is 19.5. The number of hydrogen-bond acceptors (Lipinski definition) is 4. The summed E-state index contributed by atoms with van der Waals surface area (Å²) < 4.78 is 4.41. The van der Waals surface area contributed by atoms with Crippen LogP contribution < -0.4 is 0 Å². The van der Waals surface area contributed by atoms with Crippen LogP contribution in [0, 0.1) is 0 Å². The number of aryl methyl sites for hydroxylation is 1. The highest BCUT2D eigenvalue weighted by molar-refractivity contribution is 5.90. The Kier molecular flexibility index (Phi) is 4.81. The van der Waals surface area contributed by atoms with Crippen molar-refractivity contribution in [3.05, 3.63) is 115 Å². The van der Waals surface area contributed by atoms with E-state index in [4.69, 9.17) is 0 Å². The van der Waals surface area contributed by atoms with Crippen LogP contribution in [0.15, 0.2) is 104 Å². The summed E-state index contributed by atoms with van der Waals surface area (Å²) in [6.07, 6.45) is 13.8. The summed E-state index contributed by atoms with van der Waals surface area (Å²) in [6.45, 7) is 0. The molecule has 0 saturated heterocycles. The molecule has 0 radical (unpaired) electrons. The van der Waals surface area contributed by atoms with Gasteiger partial charge in [0.1, 0.15) is 0 Å². The highest BCUT2D eigenvalue weighted by Gasteiger charge is 2.20. The average molecular weight is 467 g/mol. The maximum Gasteiger partial charge on any atom is 0.169 e. The van der Waals surface area contributed by atoms with E-state index in [1.165, 1.54) is 22.2 Å². The van der Waals surface area contributed by atoms with Crippen LogP contribution in [0.1, 0.15) is 17.7 Å². The third-order valence-electron chi connectivity index (χ3n) is 6.75. The molecule has 6 aromatic rings. The summed E-state index contributed by atoms with van der Waals surface area (Å²) in [7, 11) is 0. The topological polar surface area (TPSA) is 61.4 Å². The Morgan fingerprint density at radius 2 is 1.42 bits per heavy atom. The number of para-hydroxylation sites is 1. The number of hydrogen-bond donors (Lipinski definition) is 0. The van der Waals surface area contributed by atoms with Gasteiger partial charge in [-0.15, -0.1) is 10.2 Å². The third-order valence-corrected chi connectivity index (χ3v) is 6.75. The maximum atomic E-state index is 4.60. The summed E-state index contributed by atoms with van der Waals surface area (Å²) in [6, 6.07) is 25.1. The molecule has 0 atom stereocenters. The zero-order valence-corrected chi connectivity index (χ0v) is 19.5. The first-order valence-electron chi connectivity index (χ1n) is 12.0. The van der Waals surface area contributed by atoms with Crippen molar-refractivity contribution >= 4 is 17.0 Å². The van der Waals surface area contributed by atoms with E-state index in [1.54, 1.807) is 18.6 Å². The van der Waals surface area contributed by atoms with Gasteiger partial charge in [0.25, 0.3) is 0 Å². The number of rotatable bonds is 4. The van der Waals surface area contributed by atoms with E-state index in [0.717, 1.165) is 47.0 Å². The highest BCUT2D eigenvalue weighted by atomic mass is 15.3. The molecular formula is C30H22N6. The molecule has 0 aliphatic heterocycles. The van der Waals surface area contributed by atoms with Crippen LogP contribution in [0.5, 0.6) is 0 Å². The number of nitrogens with zero attached hydrogens (tertiary/aromatic N) is 6. The lowest BCUT2D eigenvalue weighted by Crippen LogP contribution is -2.02. The summed E-state index contributed by atoms with van der Waals surface area (Å²) >= 11 is 0. The summed E-state index contributed by atoms with van der Waals surface area (Å²) in [5.41, 5.74) is 7.90. The van der Waals surface area contributed by atoms with Gasteiger partial charge < -0.3 is 4.57 Å². The molecule has 172 valence electrons. The van der Waals surface area contributed by atoms with Crippen LogP contribution >= 0.6 is 0 Å². The predicted molar refractivity (Wildman–Crippen MR) is 142 cm³/mol. The first kappa shape index (κ1) is 20.5. The lowest BCUT2D eigenvalue weighted by atomic mass is 10.0. The monoisotopic (exact) mass is 466 g/mol. The van der Waals surface area contributed by atoms with Crippen LogP contribution in [0.2, 0.25) is 0 Å². The van der Waals surface area contributed by atoms with Gasteiger partial charge in [0.15, 0.2) is 11.6 Å². The van der Waals surface area contributed by atoms with Gasteiger partial charge >= 0.3 is 0 Å². The minimum atomic E-state index is 0.750. The molecule has 7 rings (SSSR count). The minimum absolute atomic E-state index is 0.750. The minimum Gasteiger partial charge on any atom is -0.310 e. The predicted octanol–water partition coefficient (Wildman–Crippen LogP) is 6.29. The standard InChI is InChI=1S/C30H22N6/c1-3-9-27-25(7-1)26-8-2-4-10-28(26)35(27)23-13-11-21(12-14-23)29-33-34-30(22-15-18-31-19-16-22)36(29)24-6-5-17-32-20-24/h1,3-7,9-20H,2,8H2. The summed E-state index contributed by atoms with van der Waals surface area (Å²) in [5.74, 6) is 1.51. The molecule has 0 saturated carbocycles. The van der Waals surface area contributed by atoms with Gasteiger partial charge in [-0.3, -0.25) is 14.5 Å². The van der Waals surface area contributed by atoms with Crippen LogP contribution in [0.4, 0.5) is 0 Å². The van der Waals surface area contributed by atoms with Crippen molar-refractivity contribution in [2.24, 2.45) is 0 Å². The second-order valence-electron chi connectivity index (χ2n) is 8.83. The molecule has 1 aliphatic carbocycles. The molecule has 0 N–H and O–H groups in total. The lowest BCUT2D eigenvalue weighted by molar-refractivity contribution is 0.967. The van der Waals surface area contributed by atoms with Gasteiger partial charge in [0.05, 0.1) is 17.4 Å². The molecule has 0 unspecified atom stereocenters. The molecule has 36 heavy (non-hydrogen) atoms. The van der Waals surface area contributed by atoms with Crippen molar-refractivity contribution in [1.82, 2.24) is 29.3 Å². The van der Waals surface area contributed by atoms with Gasteiger partial charge in [-0.2, -0.15) is 0 Å². The van der Waals surface area contributed by atoms with Gasteiger partial charge in [-0.05, 0) is 79.1 Å². The molecule has 2 aromatic carbocycles. The van der Waals surface area contributed by atoms with E-state index in [1.807, 2.05) is 35.0 Å².